The molecule has 0 bridgehead atoms. The van der Waals surface area contributed by atoms with Gasteiger partial charge in [-0.2, -0.15) is 18.3 Å². The summed E-state index contributed by atoms with van der Waals surface area (Å²) in [5.41, 5.74) is 0.749. The molecule has 1 amide bonds. The van der Waals surface area contributed by atoms with Crippen LogP contribution in [0, 0.1) is 6.92 Å². The molecule has 2 aromatic heterocycles. The van der Waals surface area contributed by atoms with Crippen molar-refractivity contribution < 1.29 is 18.0 Å². The number of hydrogen-bond acceptors (Lipinski definition) is 3. The van der Waals surface area contributed by atoms with Crippen molar-refractivity contribution in [1.29, 1.82) is 0 Å². The normalized spacial score (nSPS) is 12.1. The molecule has 1 N–H and O–H groups in total. The molecule has 0 unspecified atom stereocenters. The molecule has 0 aliphatic carbocycles. The van der Waals surface area contributed by atoms with Crippen LogP contribution in [0.4, 0.5) is 13.2 Å². The minimum absolute atomic E-state index is 0.255. The van der Waals surface area contributed by atoms with Gasteiger partial charge in [0.2, 0.25) is 0 Å². The molecule has 0 saturated carbocycles. The van der Waals surface area contributed by atoms with E-state index in [9.17, 15) is 18.0 Å². The molecule has 4 nitrogen and oxygen atoms in total. The zero-order valence-corrected chi connectivity index (χ0v) is 10.4. The molecule has 0 aromatic carbocycles. The Hall–Kier alpha value is -1.57. The van der Waals surface area contributed by atoms with Crippen LogP contribution in [0.25, 0.3) is 10.2 Å². The number of alkyl halides is 3. The van der Waals surface area contributed by atoms with E-state index in [1.807, 2.05) is 5.32 Å². The second-order valence-electron chi connectivity index (χ2n) is 3.84. The first kappa shape index (κ1) is 12.9. The molecule has 0 spiro atoms. The standard InChI is InChI=1S/C10H10F3N3OS/c1-5-6-3-7(18-9(6)16(2)15-5)8(17)14-4-10(11,12)13/h3H,4H2,1-2H3,(H,14,17). The maximum atomic E-state index is 12.0. The van der Waals surface area contributed by atoms with Gasteiger partial charge in [0.15, 0.2) is 0 Å². The lowest BCUT2D eigenvalue weighted by Gasteiger charge is -2.06. The number of amides is 1. The highest BCUT2D eigenvalue weighted by Crippen LogP contribution is 2.27. The monoisotopic (exact) mass is 277 g/mol. The Morgan fingerprint density at radius 2 is 2.22 bits per heavy atom. The predicted octanol–water partition coefficient (Wildman–Crippen LogP) is 2.24. The first-order chi connectivity index (χ1) is 8.28. The molecule has 2 aromatic rings. The first-order valence-electron chi connectivity index (χ1n) is 5.06. The van der Waals surface area contributed by atoms with Crippen molar-refractivity contribution in [3.05, 3.63) is 16.6 Å². The molecule has 0 atom stereocenters. The minimum Gasteiger partial charge on any atom is -0.342 e. The summed E-state index contributed by atoms with van der Waals surface area (Å²) in [5.74, 6) is -0.715. The lowest BCUT2D eigenvalue weighted by atomic mass is 10.3. The maximum Gasteiger partial charge on any atom is 0.405 e. The number of rotatable bonds is 2. The van der Waals surface area contributed by atoms with Crippen LogP contribution in [0.5, 0.6) is 0 Å². The van der Waals surface area contributed by atoms with Crippen LogP contribution >= 0.6 is 11.3 Å². The quantitative estimate of drug-likeness (QED) is 0.915. The van der Waals surface area contributed by atoms with Crippen LogP contribution in [-0.2, 0) is 7.05 Å². The van der Waals surface area contributed by atoms with Gasteiger partial charge in [-0.25, -0.2) is 0 Å². The van der Waals surface area contributed by atoms with Gasteiger partial charge in [0.05, 0.1) is 10.6 Å². The van der Waals surface area contributed by atoms with Gasteiger partial charge in [-0.1, -0.05) is 0 Å². The number of halogens is 3. The smallest absolute Gasteiger partial charge is 0.342 e. The van der Waals surface area contributed by atoms with Crippen molar-refractivity contribution in [3.63, 3.8) is 0 Å². The fourth-order valence-electron chi connectivity index (χ4n) is 1.58. The fourth-order valence-corrected chi connectivity index (χ4v) is 2.62. The average molecular weight is 277 g/mol. The van der Waals surface area contributed by atoms with Gasteiger partial charge in [-0.15, -0.1) is 11.3 Å². The number of carbonyl (C=O) groups excluding carboxylic acids is 1. The number of carbonyl (C=O) groups is 1. The summed E-state index contributed by atoms with van der Waals surface area (Å²) < 4.78 is 37.5. The van der Waals surface area contributed by atoms with Crippen LogP contribution in [0.2, 0.25) is 0 Å². The third-order valence-electron chi connectivity index (χ3n) is 2.37. The van der Waals surface area contributed by atoms with E-state index in [0.29, 0.717) is 0 Å². The van der Waals surface area contributed by atoms with Crippen LogP contribution < -0.4 is 5.32 Å². The Kier molecular flexibility index (Phi) is 3.05. The van der Waals surface area contributed by atoms with Gasteiger partial charge in [0.1, 0.15) is 11.4 Å². The molecule has 2 rings (SSSR count). The molecule has 98 valence electrons. The SMILES string of the molecule is Cc1nn(C)c2sc(C(=O)NCC(F)(F)F)cc12. The third kappa shape index (κ3) is 2.47. The first-order valence-corrected chi connectivity index (χ1v) is 5.87. The third-order valence-corrected chi connectivity index (χ3v) is 3.57. The molecule has 0 fully saturated rings. The second-order valence-corrected chi connectivity index (χ2v) is 4.87. The van der Waals surface area contributed by atoms with Gasteiger partial charge in [0, 0.05) is 12.4 Å². The van der Waals surface area contributed by atoms with E-state index in [1.165, 1.54) is 0 Å². The summed E-state index contributed by atoms with van der Waals surface area (Å²) in [6.07, 6.45) is -4.40. The molecule has 0 radical (unpaired) electrons. The molecule has 2 heterocycles. The number of aryl methyl sites for hydroxylation is 2. The number of hydrogen-bond donors (Lipinski definition) is 1. The van der Waals surface area contributed by atoms with E-state index in [2.05, 4.69) is 5.10 Å². The largest absolute Gasteiger partial charge is 0.405 e. The number of nitrogens with zero attached hydrogens (tertiary/aromatic N) is 2. The van der Waals surface area contributed by atoms with Gasteiger partial charge in [-0.3, -0.25) is 9.48 Å². The summed E-state index contributed by atoms with van der Waals surface area (Å²) in [6.45, 7) is 0.462. The van der Waals surface area contributed by atoms with Crippen molar-refractivity contribution in [2.45, 2.75) is 13.1 Å². The minimum atomic E-state index is -4.40. The van der Waals surface area contributed by atoms with Crippen molar-refractivity contribution in [2.24, 2.45) is 7.05 Å². The molecule has 0 aliphatic rings. The summed E-state index contributed by atoms with van der Waals surface area (Å²) in [5, 5.41) is 6.79. The Balaban J connectivity index is 2.21. The van der Waals surface area contributed by atoms with Crippen LogP contribution in [-0.4, -0.2) is 28.4 Å². The second kappa shape index (κ2) is 4.27. The Morgan fingerprint density at radius 1 is 1.56 bits per heavy atom. The molecular formula is C10H10F3N3OS. The zero-order chi connectivity index (χ0) is 13.5. The fraction of sp³-hybridized carbons (Fsp3) is 0.400. The molecule has 18 heavy (non-hydrogen) atoms. The van der Waals surface area contributed by atoms with E-state index in [1.54, 1.807) is 24.7 Å². The number of aromatic nitrogens is 2. The Labute approximate surface area is 104 Å². The van der Waals surface area contributed by atoms with Crippen LogP contribution in [0.15, 0.2) is 6.07 Å². The Morgan fingerprint density at radius 3 is 2.78 bits per heavy atom. The highest BCUT2D eigenvalue weighted by atomic mass is 32.1. The van der Waals surface area contributed by atoms with Crippen LogP contribution in [0.1, 0.15) is 15.4 Å². The van der Waals surface area contributed by atoms with Gasteiger partial charge >= 0.3 is 6.18 Å². The average Bonchev–Trinajstić information content (AvgIpc) is 2.78. The number of thiophene rings is 1. The molecular weight excluding hydrogens is 267 g/mol. The van der Waals surface area contributed by atoms with Gasteiger partial charge < -0.3 is 5.32 Å². The van der Waals surface area contributed by atoms with E-state index in [4.69, 9.17) is 0 Å². The molecule has 0 aliphatic heterocycles. The summed E-state index contributed by atoms with van der Waals surface area (Å²) >= 11 is 1.12. The lowest BCUT2D eigenvalue weighted by molar-refractivity contribution is -0.123. The van der Waals surface area contributed by atoms with Crippen molar-refractivity contribution in [1.82, 2.24) is 15.1 Å². The Bertz CT molecular complexity index is 565. The maximum absolute atomic E-state index is 12.0. The highest BCUT2D eigenvalue weighted by molar-refractivity contribution is 7.20. The molecule has 0 saturated heterocycles. The van der Waals surface area contributed by atoms with Crippen molar-refractivity contribution in [3.8, 4) is 0 Å². The van der Waals surface area contributed by atoms with E-state index < -0.39 is 18.6 Å². The molecule has 8 heteroatoms. The highest BCUT2D eigenvalue weighted by Gasteiger charge is 2.28. The summed E-state index contributed by atoms with van der Waals surface area (Å²) in [7, 11) is 1.73. The number of nitrogens with one attached hydrogen (secondary N) is 1. The van der Waals surface area contributed by atoms with E-state index in [-0.39, 0.29) is 4.88 Å². The van der Waals surface area contributed by atoms with Gasteiger partial charge in [-0.05, 0) is 13.0 Å². The number of fused-ring (bicyclic) bond motifs is 1. The lowest BCUT2D eigenvalue weighted by Crippen LogP contribution is -2.33. The predicted molar refractivity (Wildman–Crippen MR) is 61.7 cm³/mol. The topological polar surface area (TPSA) is 46.9 Å². The van der Waals surface area contributed by atoms with Crippen molar-refractivity contribution >= 4 is 27.5 Å². The van der Waals surface area contributed by atoms with Crippen molar-refractivity contribution in [2.75, 3.05) is 6.54 Å². The summed E-state index contributed by atoms with van der Waals surface area (Å²) in [6, 6.07) is 1.56. The van der Waals surface area contributed by atoms with Gasteiger partial charge in [0.25, 0.3) is 5.91 Å². The van der Waals surface area contributed by atoms with E-state index in [0.717, 1.165) is 27.2 Å². The van der Waals surface area contributed by atoms with E-state index >= 15 is 0 Å². The van der Waals surface area contributed by atoms with Crippen LogP contribution in [0.3, 0.4) is 0 Å². The zero-order valence-electron chi connectivity index (χ0n) is 9.63. The summed E-state index contributed by atoms with van der Waals surface area (Å²) in [4.78, 5) is 12.6.